The van der Waals surface area contributed by atoms with E-state index in [4.69, 9.17) is 5.26 Å². The molecule has 0 radical (unpaired) electrons. The fourth-order valence-corrected chi connectivity index (χ4v) is 0.963. The van der Waals surface area contributed by atoms with Gasteiger partial charge in [-0.15, -0.1) is 0 Å². The number of hydrogen-bond acceptors (Lipinski definition) is 3. The lowest BCUT2D eigenvalue weighted by atomic mass is 10.1. The lowest BCUT2D eigenvalue weighted by Gasteiger charge is -1.97. The van der Waals surface area contributed by atoms with Gasteiger partial charge < -0.3 is 0 Å². The van der Waals surface area contributed by atoms with Crippen molar-refractivity contribution in [2.75, 3.05) is 0 Å². The standard InChI is InChI=1S/C8H12N4/c1-6(2)5-8-10-7(3-4-9)11-12-8/h6H,3,5H2,1-2H3,(H,10,11,12). The summed E-state index contributed by atoms with van der Waals surface area (Å²) in [7, 11) is 0. The summed E-state index contributed by atoms with van der Waals surface area (Å²) < 4.78 is 0. The van der Waals surface area contributed by atoms with Crippen molar-refractivity contribution in [2.45, 2.75) is 26.7 Å². The molecule has 1 aromatic rings. The Labute approximate surface area is 71.6 Å². The van der Waals surface area contributed by atoms with E-state index in [1.165, 1.54) is 0 Å². The number of H-pyrrole nitrogens is 1. The van der Waals surface area contributed by atoms with E-state index in [9.17, 15) is 0 Å². The predicted molar refractivity (Wildman–Crippen MR) is 44.2 cm³/mol. The van der Waals surface area contributed by atoms with Gasteiger partial charge in [0.05, 0.1) is 12.5 Å². The first-order chi connectivity index (χ1) is 5.72. The maximum Gasteiger partial charge on any atom is 0.164 e. The number of rotatable bonds is 3. The second kappa shape index (κ2) is 3.86. The van der Waals surface area contributed by atoms with Crippen molar-refractivity contribution >= 4 is 0 Å². The number of nitrogens with one attached hydrogen (secondary N) is 1. The highest BCUT2D eigenvalue weighted by atomic mass is 15.2. The van der Waals surface area contributed by atoms with Gasteiger partial charge in [0.15, 0.2) is 5.82 Å². The van der Waals surface area contributed by atoms with Crippen LogP contribution in [0, 0.1) is 17.2 Å². The number of nitrogens with zero attached hydrogens (tertiary/aromatic N) is 3. The highest BCUT2D eigenvalue weighted by molar-refractivity contribution is 4.96. The van der Waals surface area contributed by atoms with Crippen molar-refractivity contribution in [3.05, 3.63) is 11.6 Å². The minimum atomic E-state index is 0.286. The number of nitriles is 1. The molecule has 1 rings (SSSR count). The summed E-state index contributed by atoms with van der Waals surface area (Å²) in [5.41, 5.74) is 0. The van der Waals surface area contributed by atoms with Crippen LogP contribution in [-0.2, 0) is 12.8 Å². The van der Waals surface area contributed by atoms with Crippen molar-refractivity contribution in [1.82, 2.24) is 15.2 Å². The quantitative estimate of drug-likeness (QED) is 0.726. The van der Waals surface area contributed by atoms with E-state index in [0.29, 0.717) is 11.7 Å². The number of aromatic nitrogens is 3. The first-order valence-electron chi connectivity index (χ1n) is 3.99. The Morgan fingerprint density at radius 1 is 1.58 bits per heavy atom. The van der Waals surface area contributed by atoms with Gasteiger partial charge in [-0.25, -0.2) is 4.98 Å². The van der Waals surface area contributed by atoms with Crippen molar-refractivity contribution in [1.29, 1.82) is 5.26 Å². The SMILES string of the molecule is CC(C)Cc1nc(CC#N)n[nH]1. The molecule has 0 fully saturated rings. The van der Waals surface area contributed by atoms with Gasteiger partial charge in [-0.2, -0.15) is 10.4 Å². The Hall–Kier alpha value is -1.37. The van der Waals surface area contributed by atoms with E-state index in [2.05, 4.69) is 29.0 Å². The Bertz CT molecular complexity index is 281. The third kappa shape index (κ3) is 2.35. The highest BCUT2D eigenvalue weighted by Crippen LogP contribution is 2.02. The molecule has 0 amide bonds. The van der Waals surface area contributed by atoms with Crippen LogP contribution in [0.5, 0.6) is 0 Å². The van der Waals surface area contributed by atoms with E-state index in [1.807, 2.05) is 6.07 Å². The van der Waals surface area contributed by atoms with Crippen molar-refractivity contribution in [3.8, 4) is 6.07 Å². The molecule has 0 aliphatic rings. The van der Waals surface area contributed by atoms with Crippen LogP contribution >= 0.6 is 0 Å². The van der Waals surface area contributed by atoms with E-state index in [1.54, 1.807) is 0 Å². The zero-order valence-electron chi connectivity index (χ0n) is 7.33. The molecule has 1 aromatic heterocycles. The van der Waals surface area contributed by atoms with Crippen LogP contribution in [0.4, 0.5) is 0 Å². The second-order valence-electron chi connectivity index (χ2n) is 3.13. The van der Waals surface area contributed by atoms with Gasteiger partial charge in [-0.3, -0.25) is 5.10 Å². The van der Waals surface area contributed by atoms with Gasteiger partial charge in [0, 0.05) is 6.42 Å². The fourth-order valence-electron chi connectivity index (χ4n) is 0.963. The predicted octanol–water partition coefficient (Wildman–Crippen LogP) is 1.07. The Morgan fingerprint density at radius 3 is 2.92 bits per heavy atom. The Balaban J connectivity index is 2.59. The third-order valence-corrected chi connectivity index (χ3v) is 1.42. The summed E-state index contributed by atoms with van der Waals surface area (Å²) in [5.74, 6) is 2.02. The summed E-state index contributed by atoms with van der Waals surface area (Å²) in [4.78, 5) is 4.15. The van der Waals surface area contributed by atoms with Crippen LogP contribution in [0.25, 0.3) is 0 Å². The fraction of sp³-hybridized carbons (Fsp3) is 0.625. The van der Waals surface area contributed by atoms with Crippen molar-refractivity contribution in [2.24, 2.45) is 5.92 Å². The smallest absolute Gasteiger partial charge is 0.164 e. The van der Waals surface area contributed by atoms with Gasteiger partial charge >= 0.3 is 0 Å². The minimum absolute atomic E-state index is 0.286. The minimum Gasteiger partial charge on any atom is -0.263 e. The molecule has 0 bridgehead atoms. The highest BCUT2D eigenvalue weighted by Gasteiger charge is 2.03. The van der Waals surface area contributed by atoms with Crippen molar-refractivity contribution < 1.29 is 0 Å². The normalized spacial score (nSPS) is 10.2. The third-order valence-electron chi connectivity index (χ3n) is 1.42. The van der Waals surface area contributed by atoms with Crippen LogP contribution in [0.2, 0.25) is 0 Å². The molecule has 12 heavy (non-hydrogen) atoms. The van der Waals surface area contributed by atoms with Crippen molar-refractivity contribution in [3.63, 3.8) is 0 Å². The van der Waals surface area contributed by atoms with Crippen LogP contribution in [0.1, 0.15) is 25.5 Å². The molecule has 64 valence electrons. The molecule has 0 saturated carbocycles. The Kier molecular flexibility index (Phi) is 2.81. The molecule has 1 heterocycles. The zero-order valence-corrected chi connectivity index (χ0v) is 7.33. The maximum absolute atomic E-state index is 8.37. The van der Waals surface area contributed by atoms with E-state index < -0.39 is 0 Å². The molecular weight excluding hydrogens is 152 g/mol. The van der Waals surface area contributed by atoms with E-state index >= 15 is 0 Å². The first-order valence-corrected chi connectivity index (χ1v) is 3.99. The van der Waals surface area contributed by atoms with Gasteiger partial charge in [0.1, 0.15) is 5.82 Å². The summed E-state index contributed by atoms with van der Waals surface area (Å²) in [6.45, 7) is 4.24. The molecule has 0 saturated heterocycles. The zero-order chi connectivity index (χ0) is 8.97. The molecule has 1 N–H and O–H groups in total. The molecule has 0 aliphatic carbocycles. The van der Waals surface area contributed by atoms with Crippen LogP contribution in [0.15, 0.2) is 0 Å². The molecule has 0 unspecified atom stereocenters. The summed E-state index contributed by atoms with van der Waals surface area (Å²) >= 11 is 0. The first kappa shape index (κ1) is 8.72. The van der Waals surface area contributed by atoms with Gasteiger partial charge in [-0.1, -0.05) is 13.8 Å². The summed E-state index contributed by atoms with van der Waals surface area (Å²) in [5, 5.41) is 15.1. The summed E-state index contributed by atoms with van der Waals surface area (Å²) in [6.07, 6.45) is 1.17. The van der Waals surface area contributed by atoms with Gasteiger partial charge in [0.25, 0.3) is 0 Å². The number of hydrogen-bond donors (Lipinski definition) is 1. The van der Waals surface area contributed by atoms with E-state index in [-0.39, 0.29) is 6.42 Å². The molecular formula is C8H12N4. The second-order valence-corrected chi connectivity index (χ2v) is 3.13. The van der Waals surface area contributed by atoms with Gasteiger partial charge in [0.2, 0.25) is 0 Å². The topological polar surface area (TPSA) is 65.4 Å². The molecule has 0 aromatic carbocycles. The molecule has 0 atom stereocenters. The number of aromatic amines is 1. The average Bonchev–Trinajstić information content (AvgIpc) is 2.36. The lowest BCUT2D eigenvalue weighted by molar-refractivity contribution is 0.622. The monoisotopic (exact) mass is 164 g/mol. The van der Waals surface area contributed by atoms with Crippen LogP contribution in [-0.4, -0.2) is 15.2 Å². The summed E-state index contributed by atoms with van der Waals surface area (Å²) in [6, 6.07) is 2.01. The van der Waals surface area contributed by atoms with Gasteiger partial charge in [-0.05, 0) is 5.92 Å². The molecule has 4 nitrogen and oxygen atoms in total. The van der Waals surface area contributed by atoms with Crippen LogP contribution in [0.3, 0.4) is 0 Å². The molecule has 0 spiro atoms. The Morgan fingerprint density at radius 2 is 2.33 bits per heavy atom. The molecule has 4 heteroatoms. The average molecular weight is 164 g/mol. The molecule has 0 aliphatic heterocycles. The largest absolute Gasteiger partial charge is 0.263 e. The lowest BCUT2D eigenvalue weighted by Crippen LogP contribution is -1.96. The van der Waals surface area contributed by atoms with Crippen LogP contribution < -0.4 is 0 Å². The van der Waals surface area contributed by atoms with E-state index in [0.717, 1.165) is 12.2 Å². The maximum atomic E-state index is 8.37.